The van der Waals surface area contributed by atoms with Crippen LogP contribution < -0.4 is 18.9 Å². The number of rotatable bonds is 7. The van der Waals surface area contributed by atoms with Crippen molar-refractivity contribution >= 4 is 0 Å². The molecule has 0 bridgehead atoms. The van der Waals surface area contributed by atoms with Crippen molar-refractivity contribution in [3.8, 4) is 23.0 Å². The molecule has 5 nitrogen and oxygen atoms in total. The Kier molecular flexibility index (Phi) is 5.91. The van der Waals surface area contributed by atoms with Gasteiger partial charge in [0.25, 0.3) is 0 Å². The highest BCUT2D eigenvalue weighted by molar-refractivity contribution is 5.53. The van der Waals surface area contributed by atoms with E-state index in [0.717, 1.165) is 28.9 Å². The van der Waals surface area contributed by atoms with Gasteiger partial charge in [0.05, 0.1) is 27.4 Å². The zero-order valence-electron chi connectivity index (χ0n) is 16.3. The lowest BCUT2D eigenvalue weighted by atomic mass is 9.92. The Hall–Kier alpha value is -2.66. The van der Waals surface area contributed by atoms with Crippen LogP contribution in [0.4, 0.5) is 0 Å². The van der Waals surface area contributed by atoms with Gasteiger partial charge in [-0.2, -0.15) is 0 Å². The van der Waals surface area contributed by atoms with Crippen LogP contribution in [-0.2, 0) is 11.2 Å². The van der Waals surface area contributed by atoms with Gasteiger partial charge in [0, 0.05) is 19.1 Å². The third-order valence-corrected chi connectivity index (χ3v) is 4.84. The molecule has 0 aliphatic carbocycles. The Bertz CT molecular complexity index is 815. The van der Waals surface area contributed by atoms with Gasteiger partial charge in [-0.1, -0.05) is 12.1 Å². The SMILES string of the molecule is C=CCc1cc(OC)c2c(c1)C(OC)CC(c1ccc(OC)c(OC)c1)O2. The average Bonchev–Trinajstić information content (AvgIpc) is 2.72. The van der Waals surface area contributed by atoms with Crippen LogP contribution in [0.2, 0.25) is 0 Å². The molecule has 0 amide bonds. The topological polar surface area (TPSA) is 46.2 Å². The van der Waals surface area contributed by atoms with Crippen molar-refractivity contribution in [3.05, 3.63) is 59.7 Å². The van der Waals surface area contributed by atoms with Crippen molar-refractivity contribution in [3.63, 3.8) is 0 Å². The third-order valence-electron chi connectivity index (χ3n) is 4.84. The normalized spacial score (nSPS) is 18.2. The summed E-state index contributed by atoms with van der Waals surface area (Å²) in [6.45, 7) is 3.82. The minimum absolute atomic E-state index is 0.0921. The molecule has 0 aromatic heterocycles. The fourth-order valence-electron chi connectivity index (χ4n) is 3.48. The van der Waals surface area contributed by atoms with Gasteiger partial charge in [-0.05, 0) is 41.8 Å². The van der Waals surface area contributed by atoms with E-state index in [1.807, 2.05) is 30.3 Å². The van der Waals surface area contributed by atoms with E-state index in [-0.39, 0.29) is 12.2 Å². The molecule has 144 valence electrons. The molecular weight excluding hydrogens is 344 g/mol. The molecule has 1 aliphatic heterocycles. The van der Waals surface area contributed by atoms with Gasteiger partial charge >= 0.3 is 0 Å². The fourth-order valence-corrected chi connectivity index (χ4v) is 3.48. The highest BCUT2D eigenvalue weighted by Gasteiger charge is 2.32. The number of hydrogen-bond acceptors (Lipinski definition) is 5. The maximum absolute atomic E-state index is 6.35. The van der Waals surface area contributed by atoms with Crippen molar-refractivity contribution in [2.45, 2.75) is 25.0 Å². The molecule has 0 spiro atoms. The largest absolute Gasteiger partial charge is 0.493 e. The number of ether oxygens (including phenoxy) is 5. The van der Waals surface area contributed by atoms with E-state index in [1.165, 1.54) is 0 Å². The molecule has 0 radical (unpaired) electrons. The van der Waals surface area contributed by atoms with E-state index in [4.69, 9.17) is 23.7 Å². The standard InChI is InChI=1S/C22H26O5/c1-6-7-14-10-16-19(24-3)13-18(27-22(16)21(11-14)26-5)15-8-9-17(23-2)20(12-15)25-4/h6,8-12,18-19H,1,7,13H2,2-5H3. The zero-order valence-corrected chi connectivity index (χ0v) is 16.3. The molecule has 5 heteroatoms. The number of benzene rings is 2. The smallest absolute Gasteiger partial charge is 0.167 e. The summed E-state index contributed by atoms with van der Waals surface area (Å²) in [5, 5.41) is 0. The second kappa shape index (κ2) is 8.35. The molecule has 27 heavy (non-hydrogen) atoms. The molecule has 2 unspecified atom stereocenters. The molecule has 0 N–H and O–H groups in total. The number of allylic oxidation sites excluding steroid dienone is 1. The quantitative estimate of drug-likeness (QED) is 0.664. The van der Waals surface area contributed by atoms with Crippen LogP contribution in [0.1, 0.15) is 35.3 Å². The summed E-state index contributed by atoms with van der Waals surface area (Å²) in [5.74, 6) is 2.79. The van der Waals surface area contributed by atoms with Crippen LogP contribution in [0.15, 0.2) is 43.0 Å². The van der Waals surface area contributed by atoms with Crippen molar-refractivity contribution in [2.75, 3.05) is 28.4 Å². The molecule has 1 heterocycles. The van der Waals surface area contributed by atoms with Gasteiger partial charge < -0.3 is 23.7 Å². The predicted molar refractivity (Wildman–Crippen MR) is 104 cm³/mol. The Balaban J connectivity index is 2.01. The lowest BCUT2D eigenvalue weighted by Crippen LogP contribution is -2.21. The predicted octanol–water partition coefficient (Wildman–Crippen LogP) is 4.65. The molecule has 3 rings (SSSR count). The fraction of sp³-hybridized carbons (Fsp3) is 0.364. The first kappa shape index (κ1) is 19.1. The molecule has 2 aromatic carbocycles. The Morgan fingerprint density at radius 3 is 2.37 bits per heavy atom. The van der Waals surface area contributed by atoms with Crippen molar-refractivity contribution in [1.82, 2.24) is 0 Å². The number of hydrogen-bond donors (Lipinski definition) is 0. The lowest BCUT2D eigenvalue weighted by Gasteiger charge is -2.33. The summed E-state index contributed by atoms with van der Waals surface area (Å²) in [7, 11) is 6.62. The summed E-state index contributed by atoms with van der Waals surface area (Å²) in [6, 6.07) is 9.92. The van der Waals surface area contributed by atoms with Crippen LogP contribution in [0.3, 0.4) is 0 Å². The summed E-state index contributed by atoms with van der Waals surface area (Å²) in [5.41, 5.74) is 3.12. The number of fused-ring (bicyclic) bond motifs is 1. The lowest BCUT2D eigenvalue weighted by molar-refractivity contribution is 0.0283. The van der Waals surface area contributed by atoms with Gasteiger partial charge in [0.15, 0.2) is 23.0 Å². The Labute approximate surface area is 160 Å². The molecule has 0 saturated heterocycles. The van der Waals surface area contributed by atoms with Crippen LogP contribution in [-0.4, -0.2) is 28.4 Å². The summed E-state index contributed by atoms with van der Waals surface area (Å²) >= 11 is 0. The summed E-state index contributed by atoms with van der Waals surface area (Å²) in [4.78, 5) is 0. The molecule has 2 aromatic rings. The van der Waals surface area contributed by atoms with Crippen molar-refractivity contribution in [2.24, 2.45) is 0 Å². The van der Waals surface area contributed by atoms with E-state index in [1.54, 1.807) is 28.4 Å². The zero-order chi connectivity index (χ0) is 19.4. The average molecular weight is 370 g/mol. The van der Waals surface area contributed by atoms with Crippen molar-refractivity contribution < 1.29 is 23.7 Å². The molecular formula is C22H26O5. The van der Waals surface area contributed by atoms with Gasteiger partial charge in [0.2, 0.25) is 0 Å². The van der Waals surface area contributed by atoms with Crippen LogP contribution in [0.5, 0.6) is 23.0 Å². The van der Waals surface area contributed by atoms with Gasteiger partial charge in [-0.3, -0.25) is 0 Å². The maximum atomic E-state index is 6.35. The molecule has 0 fully saturated rings. The van der Waals surface area contributed by atoms with E-state index < -0.39 is 0 Å². The van der Waals surface area contributed by atoms with Crippen LogP contribution in [0, 0.1) is 0 Å². The minimum atomic E-state index is -0.179. The van der Waals surface area contributed by atoms with Crippen molar-refractivity contribution in [1.29, 1.82) is 0 Å². The highest BCUT2D eigenvalue weighted by atomic mass is 16.5. The van der Waals surface area contributed by atoms with Gasteiger partial charge in [-0.15, -0.1) is 6.58 Å². The Morgan fingerprint density at radius 2 is 1.74 bits per heavy atom. The Morgan fingerprint density at radius 1 is 1.00 bits per heavy atom. The van der Waals surface area contributed by atoms with E-state index >= 15 is 0 Å². The third kappa shape index (κ3) is 3.74. The first-order valence-electron chi connectivity index (χ1n) is 8.88. The second-order valence-corrected chi connectivity index (χ2v) is 6.39. The monoisotopic (exact) mass is 370 g/mol. The van der Waals surface area contributed by atoms with Gasteiger partial charge in [-0.25, -0.2) is 0 Å². The van der Waals surface area contributed by atoms with E-state index in [2.05, 4.69) is 12.6 Å². The molecule has 2 atom stereocenters. The first-order valence-corrected chi connectivity index (χ1v) is 8.88. The summed E-state index contributed by atoms with van der Waals surface area (Å²) in [6.07, 6.45) is 3.06. The highest BCUT2D eigenvalue weighted by Crippen LogP contribution is 2.48. The van der Waals surface area contributed by atoms with E-state index in [9.17, 15) is 0 Å². The molecule has 0 saturated carbocycles. The second-order valence-electron chi connectivity index (χ2n) is 6.39. The van der Waals surface area contributed by atoms with Crippen LogP contribution in [0.25, 0.3) is 0 Å². The summed E-state index contributed by atoms with van der Waals surface area (Å²) < 4.78 is 28.5. The first-order chi connectivity index (χ1) is 13.1. The minimum Gasteiger partial charge on any atom is -0.493 e. The van der Waals surface area contributed by atoms with Gasteiger partial charge in [0.1, 0.15) is 6.10 Å². The van der Waals surface area contributed by atoms with Crippen LogP contribution >= 0.6 is 0 Å². The van der Waals surface area contributed by atoms with E-state index in [0.29, 0.717) is 23.7 Å². The molecule has 1 aliphatic rings. The maximum Gasteiger partial charge on any atom is 0.167 e. The number of methoxy groups -OCH3 is 4.